The minimum Gasteiger partial charge on any atom is -0.493 e. The van der Waals surface area contributed by atoms with Crippen molar-refractivity contribution in [2.75, 3.05) is 27.9 Å². The topological polar surface area (TPSA) is 91.4 Å². The molecule has 1 amide bonds. The molecule has 34 heavy (non-hydrogen) atoms. The molecule has 0 N–H and O–H groups in total. The Morgan fingerprint density at radius 3 is 2.35 bits per heavy atom. The molecule has 184 valence electrons. The smallest absolute Gasteiger partial charge is 0.471 e. The molecule has 1 saturated heterocycles. The summed E-state index contributed by atoms with van der Waals surface area (Å²) in [4.78, 5) is 37.6. The number of benzene rings is 1. The molecule has 0 radical (unpaired) electrons. The third-order valence-electron chi connectivity index (χ3n) is 5.80. The highest BCUT2D eigenvalue weighted by atomic mass is 19.4. The van der Waals surface area contributed by atoms with Gasteiger partial charge in [-0.1, -0.05) is 6.07 Å². The van der Waals surface area contributed by atoms with Crippen molar-refractivity contribution in [2.45, 2.75) is 37.6 Å². The van der Waals surface area contributed by atoms with Crippen LogP contribution in [0.5, 0.6) is 11.5 Å². The van der Waals surface area contributed by atoms with E-state index in [9.17, 15) is 27.6 Å². The number of carbonyl (C=O) groups excluding carboxylic acids is 3. The zero-order valence-corrected chi connectivity index (χ0v) is 19.0. The third kappa shape index (κ3) is 4.59. The molecule has 1 heterocycles. The number of rotatable bonds is 6. The summed E-state index contributed by atoms with van der Waals surface area (Å²) in [6.07, 6.45) is -3.04. The number of esters is 1. The number of likely N-dealkylation sites (tertiary alicyclic amines) is 1. The Balaban J connectivity index is 2.20. The highest BCUT2D eigenvalue weighted by Crippen LogP contribution is 2.44. The Kier molecular flexibility index (Phi) is 6.94. The molecular weight excluding hydrogens is 459 g/mol. The molecule has 2 aliphatic rings. The van der Waals surface area contributed by atoms with Crippen LogP contribution in [0, 0.1) is 0 Å². The number of carbonyl (C=O) groups is 3. The van der Waals surface area contributed by atoms with Gasteiger partial charge in [0.05, 0.1) is 27.4 Å². The fraction of sp³-hybridized carbons (Fsp3) is 0.435. The Labute approximate surface area is 193 Å². The predicted octanol–water partition coefficient (Wildman–Crippen LogP) is 2.75. The van der Waals surface area contributed by atoms with Crippen molar-refractivity contribution < 1.29 is 46.5 Å². The normalized spacial score (nSPS) is 22.3. The largest absolute Gasteiger partial charge is 0.493 e. The molecule has 11 heteroatoms. The lowest BCUT2D eigenvalue weighted by atomic mass is 9.73. The van der Waals surface area contributed by atoms with Crippen LogP contribution in [-0.4, -0.2) is 68.3 Å². The van der Waals surface area contributed by atoms with Crippen LogP contribution >= 0.6 is 0 Å². The van der Waals surface area contributed by atoms with Gasteiger partial charge in [-0.2, -0.15) is 13.2 Å². The second kappa shape index (κ2) is 9.40. The predicted molar refractivity (Wildman–Crippen MR) is 112 cm³/mol. The van der Waals surface area contributed by atoms with Gasteiger partial charge in [-0.25, -0.2) is 0 Å². The maximum Gasteiger partial charge on any atom is 0.471 e. The maximum atomic E-state index is 13.5. The fourth-order valence-electron chi connectivity index (χ4n) is 4.37. The van der Waals surface area contributed by atoms with E-state index in [1.165, 1.54) is 33.5 Å². The molecule has 1 aliphatic heterocycles. The maximum absolute atomic E-state index is 13.5. The van der Waals surface area contributed by atoms with Crippen LogP contribution in [0.2, 0.25) is 0 Å². The van der Waals surface area contributed by atoms with Crippen LogP contribution < -0.4 is 9.47 Å². The van der Waals surface area contributed by atoms with Gasteiger partial charge in [0.2, 0.25) is 5.78 Å². The van der Waals surface area contributed by atoms with Gasteiger partial charge >= 0.3 is 18.1 Å². The molecule has 0 bridgehead atoms. The van der Waals surface area contributed by atoms with E-state index >= 15 is 0 Å². The second-order valence-corrected chi connectivity index (χ2v) is 7.79. The van der Waals surface area contributed by atoms with Crippen molar-refractivity contribution in [3.05, 3.63) is 47.2 Å². The number of ether oxygens (including phenoxy) is 4. The number of hydrogen-bond acceptors (Lipinski definition) is 7. The van der Waals surface area contributed by atoms with Gasteiger partial charge in [0.1, 0.15) is 0 Å². The van der Waals surface area contributed by atoms with E-state index in [1.807, 2.05) is 0 Å². The number of allylic oxidation sites excluding steroid dienone is 1. The number of amides is 1. The molecule has 8 nitrogen and oxygen atoms in total. The molecule has 1 aliphatic carbocycles. The summed E-state index contributed by atoms with van der Waals surface area (Å²) in [7, 11) is 4.06. The first-order valence-corrected chi connectivity index (χ1v) is 10.3. The van der Waals surface area contributed by atoms with Gasteiger partial charge in [-0.15, -0.1) is 0 Å². The number of halogens is 3. The molecule has 0 saturated carbocycles. The van der Waals surface area contributed by atoms with Crippen molar-refractivity contribution in [3.8, 4) is 11.5 Å². The first-order chi connectivity index (χ1) is 16.0. The second-order valence-electron chi connectivity index (χ2n) is 7.79. The molecule has 1 aromatic rings. The number of ketones is 1. The number of piperidine rings is 1. The van der Waals surface area contributed by atoms with Gasteiger partial charge < -0.3 is 23.8 Å². The van der Waals surface area contributed by atoms with Crippen LogP contribution in [0.3, 0.4) is 0 Å². The highest BCUT2D eigenvalue weighted by molar-refractivity contribution is 6.05. The molecule has 0 aromatic heterocycles. The van der Waals surface area contributed by atoms with E-state index in [0.717, 1.165) is 6.92 Å². The van der Waals surface area contributed by atoms with Crippen LogP contribution in [0.1, 0.15) is 18.9 Å². The Bertz CT molecular complexity index is 1060. The zero-order chi connectivity index (χ0) is 25.3. The van der Waals surface area contributed by atoms with E-state index in [1.54, 1.807) is 18.2 Å². The summed E-state index contributed by atoms with van der Waals surface area (Å²) in [6.45, 7) is 0.774. The zero-order valence-electron chi connectivity index (χ0n) is 19.0. The first-order valence-electron chi connectivity index (χ1n) is 10.3. The van der Waals surface area contributed by atoms with E-state index in [2.05, 4.69) is 0 Å². The Hall–Kier alpha value is -3.50. The summed E-state index contributed by atoms with van der Waals surface area (Å²) in [6, 6.07) is 3.40. The van der Waals surface area contributed by atoms with E-state index < -0.39 is 35.5 Å². The van der Waals surface area contributed by atoms with Crippen molar-refractivity contribution in [1.29, 1.82) is 0 Å². The summed E-state index contributed by atoms with van der Waals surface area (Å²) >= 11 is 0. The number of nitrogens with zero attached hydrogens (tertiary/aromatic N) is 1. The van der Waals surface area contributed by atoms with Crippen molar-refractivity contribution >= 4 is 17.7 Å². The van der Waals surface area contributed by atoms with Gasteiger partial charge in [0, 0.05) is 19.5 Å². The van der Waals surface area contributed by atoms with Crippen LogP contribution in [-0.2, 0) is 30.3 Å². The lowest BCUT2D eigenvalue weighted by molar-refractivity contribution is -0.195. The van der Waals surface area contributed by atoms with E-state index in [4.69, 9.17) is 18.9 Å². The van der Waals surface area contributed by atoms with Crippen LogP contribution in [0.4, 0.5) is 13.2 Å². The Morgan fingerprint density at radius 2 is 1.79 bits per heavy atom. The number of alkyl halides is 3. The number of hydrogen-bond donors (Lipinski definition) is 0. The Morgan fingerprint density at radius 1 is 1.12 bits per heavy atom. The van der Waals surface area contributed by atoms with E-state index in [-0.39, 0.29) is 30.7 Å². The lowest BCUT2D eigenvalue weighted by Gasteiger charge is -2.50. The first kappa shape index (κ1) is 25.1. The number of fused-ring (bicyclic) bond motifs is 1. The van der Waals surface area contributed by atoms with Gasteiger partial charge in [0.25, 0.3) is 0 Å². The average Bonchev–Trinajstić information content (AvgIpc) is 2.78. The lowest BCUT2D eigenvalue weighted by Crippen LogP contribution is -2.64. The third-order valence-corrected chi connectivity index (χ3v) is 5.80. The minimum atomic E-state index is -5.16. The summed E-state index contributed by atoms with van der Waals surface area (Å²) in [5, 5.41) is 0. The van der Waals surface area contributed by atoms with Crippen molar-refractivity contribution in [2.24, 2.45) is 0 Å². The van der Waals surface area contributed by atoms with Gasteiger partial charge in [-0.3, -0.25) is 14.4 Å². The van der Waals surface area contributed by atoms with Crippen molar-refractivity contribution in [3.63, 3.8) is 0 Å². The van der Waals surface area contributed by atoms with Crippen molar-refractivity contribution in [1.82, 2.24) is 4.90 Å². The standard InChI is InChI=1S/C23H24F3NO7/c1-13(28)34-22-12-19(33-4)16(29)11-15(22)7-8-27(21(30)23(24,25)26)20(22)10-14-5-6-17(31-2)18(9-14)32-3/h5-6,9,11-12,20H,7-8,10H2,1-4H3. The molecule has 1 aromatic carbocycles. The van der Waals surface area contributed by atoms with E-state index in [0.29, 0.717) is 22.0 Å². The average molecular weight is 483 g/mol. The molecule has 2 atom stereocenters. The molecule has 3 rings (SSSR count). The minimum absolute atomic E-state index is 0.100. The summed E-state index contributed by atoms with van der Waals surface area (Å²) in [5.74, 6) is -2.87. The highest BCUT2D eigenvalue weighted by Gasteiger charge is 2.56. The SMILES string of the molecule is COC1=CC2(OC(C)=O)C(=CC1=O)CCN(C(=O)C(F)(F)F)C2Cc1ccc(OC)c(OC)c1. The molecule has 2 unspecified atom stereocenters. The van der Waals surface area contributed by atoms with Crippen LogP contribution in [0.25, 0.3) is 0 Å². The molecule has 0 spiro atoms. The molecule has 1 fully saturated rings. The summed E-state index contributed by atoms with van der Waals surface area (Å²) < 4.78 is 61.8. The molecular formula is C23H24F3NO7. The summed E-state index contributed by atoms with van der Waals surface area (Å²) in [5.41, 5.74) is -1.07. The monoisotopic (exact) mass is 483 g/mol. The van der Waals surface area contributed by atoms with Gasteiger partial charge in [-0.05, 0) is 42.2 Å². The fourth-order valence-corrected chi connectivity index (χ4v) is 4.37. The van der Waals surface area contributed by atoms with Gasteiger partial charge in [0.15, 0.2) is 22.9 Å². The quantitative estimate of drug-likeness (QED) is 0.575. The number of methoxy groups -OCH3 is 3. The van der Waals surface area contributed by atoms with Crippen LogP contribution in [0.15, 0.2) is 41.7 Å².